The molecular formula is C12H20O3S. The van der Waals surface area contributed by atoms with E-state index in [-0.39, 0.29) is 17.0 Å². The number of thioether (sulfide) groups is 1. The molecule has 3 nitrogen and oxygen atoms in total. The van der Waals surface area contributed by atoms with Crippen molar-refractivity contribution in [1.29, 1.82) is 0 Å². The Morgan fingerprint density at radius 3 is 2.56 bits per heavy atom. The SMILES string of the molecule is COC(=O)C(CC=CCCCC(C)=O)SC. The number of hydrogen-bond donors (Lipinski definition) is 0. The molecule has 0 spiro atoms. The third-order valence-corrected chi connectivity index (χ3v) is 3.12. The Bertz CT molecular complexity index is 249. The first-order valence-corrected chi connectivity index (χ1v) is 6.65. The second-order valence-electron chi connectivity index (χ2n) is 3.55. The summed E-state index contributed by atoms with van der Waals surface area (Å²) in [6, 6.07) is 0. The van der Waals surface area contributed by atoms with Crippen LogP contribution in [0.2, 0.25) is 0 Å². The maximum absolute atomic E-state index is 11.2. The van der Waals surface area contributed by atoms with Crippen LogP contribution in [0.4, 0.5) is 0 Å². The van der Waals surface area contributed by atoms with Gasteiger partial charge >= 0.3 is 5.97 Å². The Labute approximate surface area is 102 Å². The molecule has 0 aromatic heterocycles. The van der Waals surface area contributed by atoms with Crippen LogP contribution in [-0.2, 0) is 14.3 Å². The molecule has 92 valence electrons. The Balaban J connectivity index is 3.71. The van der Waals surface area contributed by atoms with Crippen molar-refractivity contribution in [3.8, 4) is 0 Å². The van der Waals surface area contributed by atoms with Crippen molar-refractivity contribution < 1.29 is 14.3 Å². The molecule has 1 unspecified atom stereocenters. The first kappa shape index (κ1) is 15.2. The van der Waals surface area contributed by atoms with Crippen LogP contribution in [0.1, 0.15) is 32.6 Å². The monoisotopic (exact) mass is 244 g/mol. The van der Waals surface area contributed by atoms with Crippen LogP contribution < -0.4 is 0 Å². The maximum atomic E-state index is 11.2. The predicted molar refractivity (Wildman–Crippen MR) is 67.6 cm³/mol. The zero-order valence-corrected chi connectivity index (χ0v) is 11.0. The van der Waals surface area contributed by atoms with Gasteiger partial charge in [-0.05, 0) is 32.4 Å². The fraction of sp³-hybridized carbons (Fsp3) is 0.667. The Morgan fingerprint density at radius 1 is 1.38 bits per heavy atom. The lowest BCUT2D eigenvalue weighted by Crippen LogP contribution is -2.17. The van der Waals surface area contributed by atoms with Gasteiger partial charge in [-0.3, -0.25) is 4.79 Å². The van der Waals surface area contributed by atoms with Crippen LogP contribution in [0.25, 0.3) is 0 Å². The first-order chi connectivity index (χ1) is 7.61. The Morgan fingerprint density at radius 2 is 2.06 bits per heavy atom. The van der Waals surface area contributed by atoms with E-state index >= 15 is 0 Å². The van der Waals surface area contributed by atoms with Crippen molar-refractivity contribution in [2.24, 2.45) is 0 Å². The molecule has 0 N–H and O–H groups in total. The Hall–Kier alpha value is -0.770. The summed E-state index contributed by atoms with van der Waals surface area (Å²) in [4.78, 5) is 21.9. The Kier molecular flexibility index (Phi) is 9.00. The summed E-state index contributed by atoms with van der Waals surface area (Å²) in [6.07, 6.45) is 9.00. The van der Waals surface area contributed by atoms with Gasteiger partial charge in [0.05, 0.1) is 7.11 Å². The normalized spacial score (nSPS) is 12.7. The molecule has 0 saturated heterocycles. The summed E-state index contributed by atoms with van der Waals surface area (Å²) in [5.74, 6) is 0.0471. The van der Waals surface area contributed by atoms with Gasteiger partial charge in [0.15, 0.2) is 0 Å². The number of carbonyl (C=O) groups is 2. The summed E-state index contributed by atoms with van der Waals surface area (Å²) in [5, 5.41) is -0.117. The molecule has 0 aliphatic rings. The summed E-state index contributed by atoms with van der Waals surface area (Å²) in [5.41, 5.74) is 0. The third-order valence-electron chi connectivity index (χ3n) is 2.17. The second kappa shape index (κ2) is 9.46. The van der Waals surface area contributed by atoms with Crippen molar-refractivity contribution in [3.63, 3.8) is 0 Å². The van der Waals surface area contributed by atoms with E-state index in [2.05, 4.69) is 4.74 Å². The molecule has 0 heterocycles. The second-order valence-corrected chi connectivity index (χ2v) is 4.59. The van der Waals surface area contributed by atoms with Crippen molar-refractivity contribution in [3.05, 3.63) is 12.2 Å². The van der Waals surface area contributed by atoms with Crippen LogP contribution >= 0.6 is 11.8 Å². The lowest BCUT2D eigenvalue weighted by atomic mass is 10.1. The fourth-order valence-corrected chi connectivity index (χ4v) is 1.82. The highest BCUT2D eigenvalue weighted by Crippen LogP contribution is 2.13. The highest BCUT2D eigenvalue weighted by Gasteiger charge is 2.15. The number of carbonyl (C=O) groups excluding carboxylic acids is 2. The molecule has 4 heteroatoms. The largest absolute Gasteiger partial charge is 0.468 e. The summed E-state index contributed by atoms with van der Waals surface area (Å²) in [7, 11) is 1.40. The van der Waals surface area contributed by atoms with E-state index in [1.54, 1.807) is 6.92 Å². The number of ketones is 1. The predicted octanol–water partition coefficient (Wildman–Crippen LogP) is 2.60. The zero-order chi connectivity index (χ0) is 12.4. The molecule has 0 aliphatic heterocycles. The van der Waals surface area contributed by atoms with E-state index in [4.69, 9.17) is 0 Å². The summed E-state index contributed by atoms with van der Waals surface area (Å²) >= 11 is 1.49. The smallest absolute Gasteiger partial charge is 0.319 e. The standard InChI is InChI=1S/C12H20O3S/c1-10(13)8-6-4-5-7-9-11(16-3)12(14)15-2/h5,7,11H,4,6,8-9H2,1-3H3. The van der Waals surface area contributed by atoms with Crippen LogP contribution in [0.3, 0.4) is 0 Å². The fourth-order valence-electron chi connectivity index (χ4n) is 1.23. The maximum Gasteiger partial charge on any atom is 0.319 e. The van der Waals surface area contributed by atoms with Crippen molar-refractivity contribution in [2.45, 2.75) is 37.9 Å². The minimum Gasteiger partial charge on any atom is -0.468 e. The van der Waals surface area contributed by atoms with E-state index < -0.39 is 0 Å². The lowest BCUT2D eigenvalue weighted by Gasteiger charge is -2.08. The van der Waals surface area contributed by atoms with Crippen LogP contribution in [-0.4, -0.2) is 30.4 Å². The van der Waals surface area contributed by atoms with Crippen LogP contribution in [0, 0.1) is 0 Å². The van der Waals surface area contributed by atoms with Gasteiger partial charge in [0.25, 0.3) is 0 Å². The highest BCUT2D eigenvalue weighted by molar-refractivity contribution is 7.99. The molecule has 0 radical (unpaired) electrons. The molecule has 1 atom stereocenters. The molecule has 0 rings (SSSR count). The van der Waals surface area contributed by atoms with Gasteiger partial charge in [-0.25, -0.2) is 0 Å². The number of methoxy groups -OCH3 is 1. The van der Waals surface area contributed by atoms with Crippen molar-refractivity contribution in [1.82, 2.24) is 0 Å². The van der Waals surface area contributed by atoms with Gasteiger partial charge in [-0.15, -0.1) is 11.8 Å². The number of unbranched alkanes of at least 4 members (excludes halogenated alkanes) is 1. The van der Waals surface area contributed by atoms with E-state index in [1.165, 1.54) is 18.9 Å². The van der Waals surface area contributed by atoms with E-state index in [9.17, 15) is 9.59 Å². The zero-order valence-electron chi connectivity index (χ0n) is 10.2. The number of allylic oxidation sites excluding steroid dienone is 2. The van der Waals surface area contributed by atoms with Gasteiger partial charge in [0.2, 0.25) is 0 Å². The quantitative estimate of drug-likeness (QED) is 0.374. The average Bonchev–Trinajstić information content (AvgIpc) is 2.27. The van der Waals surface area contributed by atoms with Crippen molar-refractivity contribution >= 4 is 23.5 Å². The van der Waals surface area contributed by atoms with Gasteiger partial charge in [0, 0.05) is 6.42 Å². The molecule has 0 amide bonds. The first-order valence-electron chi connectivity index (χ1n) is 5.36. The number of esters is 1. The number of rotatable bonds is 8. The number of ether oxygens (including phenoxy) is 1. The molecule has 0 fully saturated rings. The number of hydrogen-bond acceptors (Lipinski definition) is 4. The molecule has 0 bridgehead atoms. The average molecular weight is 244 g/mol. The summed E-state index contributed by atoms with van der Waals surface area (Å²) < 4.78 is 4.67. The minimum absolute atomic E-state index is 0.117. The van der Waals surface area contributed by atoms with Gasteiger partial charge < -0.3 is 9.53 Å². The molecule has 0 aromatic carbocycles. The topological polar surface area (TPSA) is 43.4 Å². The van der Waals surface area contributed by atoms with Gasteiger partial charge in [-0.2, -0.15) is 0 Å². The van der Waals surface area contributed by atoms with E-state index in [0.29, 0.717) is 12.8 Å². The van der Waals surface area contributed by atoms with Crippen LogP contribution in [0.15, 0.2) is 12.2 Å². The number of Topliss-reactive ketones (excluding diaryl/α,β-unsaturated/α-hetero) is 1. The van der Waals surface area contributed by atoms with Crippen molar-refractivity contribution in [2.75, 3.05) is 13.4 Å². The molecule has 16 heavy (non-hydrogen) atoms. The third kappa shape index (κ3) is 7.51. The van der Waals surface area contributed by atoms with Gasteiger partial charge in [-0.1, -0.05) is 12.2 Å². The molecule has 0 aromatic rings. The van der Waals surface area contributed by atoms with E-state index in [0.717, 1.165) is 12.8 Å². The van der Waals surface area contributed by atoms with Crippen LogP contribution in [0.5, 0.6) is 0 Å². The highest BCUT2D eigenvalue weighted by atomic mass is 32.2. The molecular weight excluding hydrogens is 224 g/mol. The molecule has 0 aliphatic carbocycles. The van der Waals surface area contributed by atoms with Gasteiger partial charge in [0.1, 0.15) is 11.0 Å². The minimum atomic E-state index is -0.180. The molecule has 0 saturated carbocycles. The lowest BCUT2D eigenvalue weighted by molar-refractivity contribution is -0.139. The summed E-state index contributed by atoms with van der Waals surface area (Å²) in [6.45, 7) is 1.60. The van der Waals surface area contributed by atoms with E-state index in [1.807, 2.05) is 18.4 Å².